The van der Waals surface area contributed by atoms with Crippen LogP contribution >= 0.6 is 11.6 Å². The minimum absolute atomic E-state index is 0.0630. The highest BCUT2D eigenvalue weighted by Gasteiger charge is 2.26. The van der Waals surface area contributed by atoms with Crippen molar-refractivity contribution in [3.63, 3.8) is 0 Å². The van der Waals surface area contributed by atoms with Crippen LogP contribution in [0.25, 0.3) is 5.70 Å². The van der Waals surface area contributed by atoms with Crippen molar-refractivity contribution in [2.24, 2.45) is 11.7 Å². The summed E-state index contributed by atoms with van der Waals surface area (Å²) in [4.78, 5) is 4.68. The molecule has 1 fully saturated rings. The molecule has 0 radical (unpaired) electrons. The Hall–Kier alpha value is -1.76. The summed E-state index contributed by atoms with van der Waals surface area (Å²) in [6.07, 6.45) is 4.64. The zero-order valence-electron chi connectivity index (χ0n) is 20.5. The van der Waals surface area contributed by atoms with Crippen molar-refractivity contribution in [3.05, 3.63) is 40.0 Å². The summed E-state index contributed by atoms with van der Waals surface area (Å²) < 4.78 is 5.55. The highest BCUT2D eigenvalue weighted by molar-refractivity contribution is 6.31. The maximum Gasteiger partial charge on any atom is 0.141 e. The molecule has 0 spiro atoms. The van der Waals surface area contributed by atoms with Crippen LogP contribution in [0, 0.1) is 18.3 Å². The number of aryl methyl sites for hydroxylation is 1. The van der Waals surface area contributed by atoms with Gasteiger partial charge in [-0.3, -0.25) is 10.3 Å². The topological polar surface area (TPSA) is 77.6 Å². The molecule has 180 valence electrons. The van der Waals surface area contributed by atoms with E-state index in [2.05, 4.69) is 35.9 Å². The number of benzene rings is 1. The van der Waals surface area contributed by atoms with Crippen LogP contribution in [0.5, 0.6) is 0 Å². The molecule has 4 N–H and O–H groups in total. The second kappa shape index (κ2) is 13.1. The Morgan fingerprint density at radius 1 is 1.28 bits per heavy atom. The van der Waals surface area contributed by atoms with E-state index >= 15 is 0 Å². The molecule has 1 heterocycles. The van der Waals surface area contributed by atoms with Crippen molar-refractivity contribution in [1.82, 2.24) is 15.1 Å². The molecule has 6 nitrogen and oxygen atoms in total. The monoisotopic (exact) mass is 463 g/mol. The lowest BCUT2D eigenvalue weighted by molar-refractivity contribution is 0.0107. The van der Waals surface area contributed by atoms with Crippen LogP contribution in [0.3, 0.4) is 0 Å². The largest absolute Gasteiger partial charge is 0.386 e. The molecule has 1 aliphatic rings. The Labute approximate surface area is 199 Å². The molecule has 1 aromatic rings. The van der Waals surface area contributed by atoms with Gasteiger partial charge in [-0.2, -0.15) is 0 Å². The molecular formula is C25H42ClN5O. The molecule has 0 bridgehead atoms. The minimum Gasteiger partial charge on any atom is -0.386 e. The Balaban J connectivity index is 2.42. The molecule has 1 unspecified atom stereocenters. The molecule has 0 amide bonds. The summed E-state index contributed by atoms with van der Waals surface area (Å²) >= 11 is 6.44. The lowest BCUT2D eigenvalue weighted by Gasteiger charge is -2.39. The van der Waals surface area contributed by atoms with Crippen molar-refractivity contribution >= 4 is 23.1 Å². The van der Waals surface area contributed by atoms with Gasteiger partial charge in [-0.15, -0.1) is 0 Å². The molecule has 0 saturated carbocycles. The van der Waals surface area contributed by atoms with E-state index in [-0.39, 0.29) is 11.9 Å². The standard InChI is InChI=1S/C25H42ClN5O/c1-6-18(2)8-7-9-20(4)31(17-30-12-14-32-15-13-30)24(25(27)28)23(29-5)21-11-10-19(3)22(26)16-21/h10-11,16,18,20,29H,6-9,12-15,17H2,1-5H3,(H3,27,28)/t18-,20?/m0/s1. The molecule has 2 atom stereocenters. The van der Waals surface area contributed by atoms with Crippen LogP contribution in [0.15, 0.2) is 23.9 Å². The first-order valence-electron chi connectivity index (χ1n) is 11.9. The van der Waals surface area contributed by atoms with Gasteiger partial charge in [-0.1, -0.05) is 56.8 Å². The van der Waals surface area contributed by atoms with Crippen LogP contribution in [0.4, 0.5) is 0 Å². The lowest BCUT2D eigenvalue weighted by atomic mass is 9.98. The molecule has 0 aliphatic carbocycles. The average Bonchev–Trinajstić information content (AvgIpc) is 2.78. The van der Waals surface area contributed by atoms with Crippen LogP contribution in [0.2, 0.25) is 5.02 Å². The van der Waals surface area contributed by atoms with E-state index in [4.69, 9.17) is 27.5 Å². The summed E-state index contributed by atoms with van der Waals surface area (Å²) in [7, 11) is 1.88. The first kappa shape index (κ1) is 26.5. The number of nitrogens with zero attached hydrogens (tertiary/aromatic N) is 2. The third-order valence-corrected chi connectivity index (χ3v) is 6.90. The van der Waals surface area contributed by atoms with Crippen LogP contribution in [0.1, 0.15) is 57.6 Å². The number of rotatable bonds is 12. The highest BCUT2D eigenvalue weighted by Crippen LogP contribution is 2.27. The van der Waals surface area contributed by atoms with Crippen molar-refractivity contribution < 1.29 is 4.74 Å². The number of hydrogen-bond donors (Lipinski definition) is 3. The number of hydrogen-bond acceptors (Lipinski definition) is 5. The summed E-state index contributed by atoms with van der Waals surface area (Å²) in [5.74, 6) is 0.799. The van der Waals surface area contributed by atoms with Crippen LogP contribution < -0.4 is 11.1 Å². The molecular weight excluding hydrogens is 422 g/mol. The Bertz CT molecular complexity index is 776. The van der Waals surface area contributed by atoms with E-state index in [0.29, 0.717) is 11.7 Å². The van der Waals surface area contributed by atoms with Gasteiger partial charge in [0.2, 0.25) is 0 Å². The number of morpholine rings is 1. The fraction of sp³-hybridized carbons (Fsp3) is 0.640. The van der Waals surface area contributed by atoms with Crippen molar-refractivity contribution in [2.75, 3.05) is 40.0 Å². The van der Waals surface area contributed by atoms with Gasteiger partial charge in [0.05, 0.1) is 25.6 Å². The second-order valence-corrected chi connectivity index (χ2v) is 9.39. The zero-order chi connectivity index (χ0) is 23.7. The minimum atomic E-state index is 0.0630. The number of amidine groups is 1. The number of nitrogens with one attached hydrogen (secondary N) is 2. The molecule has 7 heteroatoms. The number of halogens is 1. The molecule has 1 aromatic carbocycles. The normalized spacial score (nSPS) is 17.4. The SMILES string of the molecule is CC[C@H](C)CCCC(C)N(CN1CCOCC1)C(C(=N)N)=C(NC)c1ccc(C)c(Cl)c1. The maximum absolute atomic E-state index is 8.51. The Kier molecular flexibility index (Phi) is 10.8. The quantitative estimate of drug-likeness (QED) is 0.310. The number of ether oxygens (including phenoxy) is 1. The fourth-order valence-corrected chi connectivity index (χ4v) is 4.27. The van der Waals surface area contributed by atoms with E-state index in [9.17, 15) is 0 Å². The van der Waals surface area contributed by atoms with Gasteiger partial charge < -0.3 is 20.7 Å². The summed E-state index contributed by atoms with van der Waals surface area (Å²) in [5, 5.41) is 12.5. The lowest BCUT2D eigenvalue weighted by Crippen LogP contribution is -2.49. The molecule has 0 aromatic heterocycles. The first-order chi connectivity index (χ1) is 15.3. The molecule has 1 aliphatic heterocycles. The average molecular weight is 464 g/mol. The molecule has 2 rings (SSSR count). The van der Waals surface area contributed by atoms with Gasteiger partial charge in [-0.25, -0.2) is 0 Å². The Morgan fingerprint density at radius 3 is 2.53 bits per heavy atom. The van der Waals surface area contributed by atoms with Crippen LogP contribution in [-0.2, 0) is 4.74 Å². The predicted molar refractivity (Wildman–Crippen MR) is 136 cm³/mol. The van der Waals surface area contributed by atoms with Crippen molar-refractivity contribution in [3.8, 4) is 0 Å². The Morgan fingerprint density at radius 2 is 1.97 bits per heavy atom. The third kappa shape index (κ3) is 7.39. The molecule has 32 heavy (non-hydrogen) atoms. The molecule has 1 saturated heterocycles. The van der Waals surface area contributed by atoms with Gasteiger partial charge in [0.15, 0.2) is 0 Å². The van der Waals surface area contributed by atoms with Gasteiger partial charge in [-0.05, 0) is 37.8 Å². The summed E-state index contributed by atoms with van der Waals surface area (Å²) in [6, 6.07) is 6.24. The smallest absolute Gasteiger partial charge is 0.141 e. The van der Waals surface area contributed by atoms with E-state index in [1.54, 1.807) is 0 Å². The highest BCUT2D eigenvalue weighted by atomic mass is 35.5. The second-order valence-electron chi connectivity index (χ2n) is 8.99. The van der Waals surface area contributed by atoms with Gasteiger partial charge in [0, 0.05) is 36.8 Å². The summed E-state index contributed by atoms with van der Waals surface area (Å²) in [6.45, 7) is 12.8. The zero-order valence-corrected chi connectivity index (χ0v) is 21.3. The predicted octanol–water partition coefficient (Wildman–Crippen LogP) is 4.67. The van der Waals surface area contributed by atoms with Gasteiger partial charge >= 0.3 is 0 Å². The van der Waals surface area contributed by atoms with Crippen molar-refractivity contribution in [1.29, 1.82) is 5.41 Å². The van der Waals surface area contributed by atoms with Crippen LogP contribution in [-0.4, -0.2) is 61.7 Å². The van der Waals surface area contributed by atoms with E-state index in [1.807, 2.05) is 32.2 Å². The summed E-state index contributed by atoms with van der Waals surface area (Å²) in [5.41, 5.74) is 9.76. The van der Waals surface area contributed by atoms with Gasteiger partial charge in [0.1, 0.15) is 11.5 Å². The van der Waals surface area contributed by atoms with Crippen molar-refractivity contribution in [2.45, 2.75) is 59.4 Å². The van der Waals surface area contributed by atoms with E-state index < -0.39 is 0 Å². The first-order valence-corrected chi connectivity index (χ1v) is 12.3. The number of nitrogens with two attached hydrogens (primary N) is 1. The van der Waals surface area contributed by atoms with Gasteiger partial charge in [0.25, 0.3) is 0 Å². The van der Waals surface area contributed by atoms with E-state index in [0.717, 1.165) is 67.6 Å². The fourth-order valence-electron chi connectivity index (χ4n) is 4.09. The third-order valence-electron chi connectivity index (χ3n) is 6.49. The van der Waals surface area contributed by atoms with E-state index in [1.165, 1.54) is 12.8 Å². The maximum atomic E-state index is 8.51.